The van der Waals surface area contributed by atoms with Gasteiger partial charge >= 0.3 is 0 Å². The van der Waals surface area contributed by atoms with Gasteiger partial charge in [-0.3, -0.25) is 9.48 Å². The first kappa shape index (κ1) is 13.4. The monoisotopic (exact) mass is 297 g/mol. The molecule has 22 heavy (non-hydrogen) atoms. The van der Waals surface area contributed by atoms with E-state index >= 15 is 0 Å². The van der Waals surface area contributed by atoms with Crippen LogP contribution in [0.4, 0.5) is 0 Å². The zero-order chi connectivity index (χ0) is 15.1. The molecule has 1 aromatic carbocycles. The molecular weight excluding hydrogens is 278 g/mol. The minimum Gasteiger partial charge on any atom is -0.508 e. The second kappa shape index (κ2) is 5.16. The minimum atomic E-state index is -0.122. The topological polar surface area (TPSA) is 67.2 Å². The van der Waals surface area contributed by atoms with Crippen LogP contribution in [0.1, 0.15) is 52.6 Å². The van der Waals surface area contributed by atoms with Crippen LogP contribution >= 0.6 is 0 Å². The first-order valence-corrected chi connectivity index (χ1v) is 7.91. The van der Waals surface area contributed by atoms with Crippen molar-refractivity contribution in [3.05, 3.63) is 46.8 Å². The van der Waals surface area contributed by atoms with Gasteiger partial charge in [-0.05, 0) is 55.4 Å². The smallest absolute Gasteiger partial charge is 0.272 e. The first-order valence-electron chi connectivity index (χ1n) is 7.91. The Morgan fingerprint density at radius 1 is 1.32 bits per heavy atom. The molecule has 5 heteroatoms. The third-order valence-corrected chi connectivity index (χ3v) is 4.70. The highest BCUT2D eigenvalue weighted by atomic mass is 16.3. The molecule has 0 bridgehead atoms. The van der Waals surface area contributed by atoms with Crippen LogP contribution in [0.5, 0.6) is 5.75 Å². The van der Waals surface area contributed by atoms with E-state index in [1.54, 1.807) is 6.07 Å². The summed E-state index contributed by atoms with van der Waals surface area (Å²) in [6.07, 6.45) is 4.92. The Morgan fingerprint density at radius 3 is 3.09 bits per heavy atom. The van der Waals surface area contributed by atoms with E-state index in [9.17, 15) is 9.90 Å². The second-order valence-corrected chi connectivity index (χ2v) is 6.11. The Kier molecular flexibility index (Phi) is 3.13. The average molecular weight is 297 g/mol. The van der Waals surface area contributed by atoms with E-state index in [1.165, 1.54) is 6.42 Å². The van der Waals surface area contributed by atoms with Gasteiger partial charge in [0.05, 0.1) is 6.04 Å². The molecule has 2 aliphatic rings. The summed E-state index contributed by atoms with van der Waals surface area (Å²) >= 11 is 0. The predicted molar refractivity (Wildman–Crippen MR) is 81.8 cm³/mol. The summed E-state index contributed by atoms with van der Waals surface area (Å²) in [6, 6.07) is 7.38. The van der Waals surface area contributed by atoms with Gasteiger partial charge in [0.25, 0.3) is 5.91 Å². The number of aromatic nitrogens is 2. The third kappa shape index (κ3) is 2.17. The molecule has 2 aromatic rings. The van der Waals surface area contributed by atoms with Crippen molar-refractivity contribution >= 4 is 5.91 Å². The zero-order valence-electron chi connectivity index (χ0n) is 12.4. The number of carbonyl (C=O) groups excluding carboxylic acids is 1. The summed E-state index contributed by atoms with van der Waals surface area (Å²) in [6.45, 7) is 0.906. The lowest BCUT2D eigenvalue weighted by molar-refractivity contribution is 0.0930. The van der Waals surface area contributed by atoms with Crippen molar-refractivity contribution in [1.29, 1.82) is 0 Å². The van der Waals surface area contributed by atoms with E-state index in [4.69, 9.17) is 0 Å². The normalized spacial score (nSPS) is 19.5. The number of rotatable bonds is 2. The van der Waals surface area contributed by atoms with Gasteiger partial charge in [0.15, 0.2) is 0 Å². The number of phenolic OH excluding ortho intramolecular Hbond substituents is 1. The molecule has 0 spiro atoms. The number of nitrogens with one attached hydrogen (secondary N) is 1. The van der Waals surface area contributed by atoms with Crippen LogP contribution in [0.2, 0.25) is 0 Å². The quantitative estimate of drug-likeness (QED) is 0.894. The lowest BCUT2D eigenvalue weighted by Gasteiger charge is -2.13. The molecule has 4 rings (SSSR count). The Labute approximate surface area is 129 Å². The van der Waals surface area contributed by atoms with Crippen molar-refractivity contribution in [1.82, 2.24) is 15.1 Å². The Bertz CT molecular complexity index is 712. The summed E-state index contributed by atoms with van der Waals surface area (Å²) in [5.74, 6) is 0.204. The molecule has 2 heterocycles. The fourth-order valence-corrected chi connectivity index (χ4v) is 3.55. The molecule has 0 saturated carbocycles. The third-order valence-electron chi connectivity index (χ3n) is 4.70. The predicted octanol–water partition coefficient (Wildman–Crippen LogP) is 2.34. The maximum atomic E-state index is 12.5. The van der Waals surface area contributed by atoms with E-state index in [-0.39, 0.29) is 11.9 Å². The summed E-state index contributed by atoms with van der Waals surface area (Å²) in [5.41, 5.74) is 3.64. The summed E-state index contributed by atoms with van der Waals surface area (Å²) in [4.78, 5) is 12.5. The molecule has 2 N–H and O–H groups in total. The SMILES string of the molecule is O=C(NC1CCc2c(O)cccc21)c1cc2n(n1)CCCC2. The van der Waals surface area contributed by atoms with Crippen LogP contribution < -0.4 is 5.32 Å². The zero-order valence-corrected chi connectivity index (χ0v) is 12.4. The van der Waals surface area contributed by atoms with Crippen molar-refractivity contribution in [2.45, 2.75) is 44.7 Å². The molecule has 0 radical (unpaired) electrons. The fourth-order valence-electron chi connectivity index (χ4n) is 3.55. The van der Waals surface area contributed by atoms with Crippen molar-refractivity contribution in [3.63, 3.8) is 0 Å². The van der Waals surface area contributed by atoms with Crippen LogP contribution in [0.3, 0.4) is 0 Å². The number of phenols is 1. The van der Waals surface area contributed by atoms with Gasteiger partial charge in [-0.1, -0.05) is 12.1 Å². The van der Waals surface area contributed by atoms with E-state index in [1.807, 2.05) is 22.9 Å². The maximum Gasteiger partial charge on any atom is 0.272 e. The van der Waals surface area contributed by atoms with Crippen LogP contribution in [0, 0.1) is 0 Å². The molecule has 1 aliphatic carbocycles. The van der Waals surface area contributed by atoms with E-state index in [0.29, 0.717) is 11.4 Å². The molecular formula is C17H19N3O2. The Balaban J connectivity index is 1.54. The number of aryl methyl sites for hydroxylation is 2. The second-order valence-electron chi connectivity index (χ2n) is 6.11. The first-order chi connectivity index (χ1) is 10.7. The number of hydrogen-bond acceptors (Lipinski definition) is 3. The van der Waals surface area contributed by atoms with Gasteiger partial charge in [0, 0.05) is 12.2 Å². The molecule has 1 unspecified atom stereocenters. The van der Waals surface area contributed by atoms with Crippen molar-refractivity contribution in [2.24, 2.45) is 0 Å². The van der Waals surface area contributed by atoms with E-state index in [2.05, 4.69) is 10.4 Å². The lowest BCUT2D eigenvalue weighted by Crippen LogP contribution is -2.27. The highest BCUT2D eigenvalue weighted by Crippen LogP contribution is 2.36. The molecule has 1 amide bonds. The summed E-state index contributed by atoms with van der Waals surface area (Å²) in [5, 5.41) is 17.4. The molecule has 0 fully saturated rings. The highest BCUT2D eigenvalue weighted by molar-refractivity contribution is 5.92. The molecule has 5 nitrogen and oxygen atoms in total. The van der Waals surface area contributed by atoms with Crippen molar-refractivity contribution < 1.29 is 9.90 Å². The van der Waals surface area contributed by atoms with Crippen LogP contribution in [0.25, 0.3) is 0 Å². The number of benzene rings is 1. The minimum absolute atomic E-state index is 0.0340. The largest absolute Gasteiger partial charge is 0.508 e. The van der Waals surface area contributed by atoms with Crippen LogP contribution in [0.15, 0.2) is 24.3 Å². The molecule has 1 aliphatic heterocycles. The number of fused-ring (bicyclic) bond motifs is 2. The van der Waals surface area contributed by atoms with Gasteiger partial charge in [0.1, 0.15) is 11.4 Å². The van der Waals surface area contributed by atoms with Gasteiger partial charge in [-0.2, -0.15) is 5.10 Å². The van der Waals surface area contributed by atoms with E-state index < -0.39 is 0 Å². The molecule has 1 aromatic heterocycles. The molecule has 0 saturated heterocycles. The summed E-state index contributed by atoms with van der Waals surface area (Å²) in [7, 11) is 0. The highest BCUT2D eigenvalue weighted by Gasteiger charge is 2.27. The number of hydrogen-bond donors (Lipinski definition) is 2. The number of nitrogens with zero attached hydrogens (tertiary/aromatic N) is 2. The lowest BCUT2D eigenvalue weighted by atomic mass is 10.1. The maximum absolute atomic E-state index is 12.5. The van der Waals surface area contributed by atoms with E-state index in [0.717, 1.165) is 49.0 Å². The molecule has 1 atom stereocenters. The Morgan fingerprint density at radius 2 is 2.23 bits per heavy atom. The fraction of sp³-hybridized carbons (Fsp3) is 0.412. The number of carbonyl (C=O) groups is 1. The van der Waals surface area contributed by atoms with Crippen LogP contribution in [-0.4, -0.2) is 20.8 Å². The summed E-state index contributed by atoms with van der Waals surface area (Å²) < 4.78 is 1.95. The number of aromatic hydroxyl groups is 1. The standard InChI is InChI=1S/C17H19N3O2/c21-16-6-3-5-12-13(16)7-8-14(12)18-17(22)15-10-11-4-1-2-9-20(11)19-15/h3,5-6,10,14,21H,1-2,4,7-9H2,(H,18,22). The van der Waals surface area contributed by atoms with Crippen molar-refractivity contribution in [3.8, 4) is 5.75 Å². The van der Waals surface area contributed by atoms with Crippen LogP contribution in [-0.2, 0) is 19.4 Å². The average Bonchev–Trinajstić information content (AvgIpc) is 3.12. The van der Waals surface area contributed by atoms with Gasteiger partial charge in [0.2, 0.25) is 0 Å². The Hall–Kier alpha value is -2.30. The number of amides is 1. The van der Waals surface area contributed by atoms with Gasteiger partial charge < -0.3 is 10.4 Å². The van der Waals surface area contributed by atoms with Crippen molar-refractivity contribution in [2.75, 3.05) is 0 Å². The van der Waals surface area contributed by atoms with Gasteiger partial charge in [-0.15, -0.1) is 0 Å². The van der Waals surface area contributed by atoms with Gasteiger partial charge in [-0.25, -0.2) is 0 Å². The molecule has 114 valence electrons.